The number of nitrogens with zero attached hydrogens (tertiary/aromatic N) is 2. The third kappa shape index (κ3) is 3.72. The van der Waals surface area contributed by atoms with Gasteiger partial charge < -0.3 is 29.1 Å². The first-order valence-electron chi connectivity index (χ1n) is 12.5. The van der Waals surface area contributed by atoms with Gasteiger partial charge in [-0.1, -0.05) is 24.3 Å². The van der Waals surface area contributed by atoms with Crippen LogP contribution in [0.3, 0.4) is 0 Å². The largest absolute Gasteiger partial charge is 0.497 e. The van der Waals surface area contributed by atoms with Crippen molar-refractivity contribution in [3.63, 3.8) is 0 Å². The van der Waals surface area contributed by atoms with Gasteiger partial charge in [0.1, 0.15) is 23.3 Å². The molecule has 0 bridgehead atoms. The summed E-state index contributed by atoms with van der Waals surface area (Å²) < 4.78 is 17.5. The van der Waals surface area contributed by atoms with E-state index in [-0.39, 0.29) is 38.1 Å². The van der Waals surface area contributed by atoms with Crippen molar-refractivity contribution in [3.05, 3.63) is 48.6 Å². The molecule has 5 rings (SSSR count). The number of likely N-dealkylation sites (tertiary alicyclic amines) is 1. The number of aliphatic hydroxyl groups is 1. The molecule has 4 aliphatic heterocycles. The Morgan fingerprint density at radius 2 is 1.86 bits per heavy atom. The fourth-order valence-corrected chi connectivity index (χ4v) is 6.11. The molecule has 1 spiro atoms. The molecular weight excluding hydrogens is 464 g/mol. The van der Waals surface area contributed by atoms with Gasteiger partial charge >= 0.3 is 5.97 Å². The number of carbonyl (C=O) groups is 3. The molecule has 2 saturated heterocycles. The standard InChI is InChI=1S/C27H32N2O7/c1-26-12-4-3-5-17-35-25(33)21(26)20-23(31)29(15-7-16-30)22-24(32)28(14-6-13-27(20,22)36-26)18-8-10-19(34-2)11-9-18/h4,6,8-13,20-22,30H,3,5,7,14-17H2,1-2H3/b12-4-/t20-,21+,22?,26-,27-/m0/s1. The normalized spacial score (nSPS) is 34.6. The molecule has 0 aliphatic carbocycles. The number of ether oxygens (including phenoxy) is 3. The molecule has 1 aromatic carbocycles. The maximum Gasteiger partial charge on any atom is 0.313 e. The first-order chi connectivity index (χ1) is 17.4. The Balaban J connectivity index is 1.61. The van der Waals surface area contributed by atoms with Crippen LogP contribution in [0.25, 0.3) is 0 Å². The first kappa shape index (κ1) is 24.5. The molecular formula is C27H32N2O7. The number of methoxy groups -OCH3 is 1. The molecule has 2 amide bonds. The molecule has 0 saturated carbocycles. The number of cyclic esters (lactones) is 1. The number of aliphatic hydroxyl groups excluding tert-OH is 1. The van der Waals surface area contributed by atoms with Crippen molar-refractivity contribution < 1.29 is 33.7 Å². The summed E-state index contributed by atoms with van der Waals surface area (Å²) in [6.45, 7) is 2.38. The molecule has 2 fully saturated rings. The van der Waals surface area contributed by atoms with Crippen LogP contribution in [0.5, 0.6) is 5.75 Å². The monoisotopic (exact) mass is 496 g/mol. The van der Waals surface area contributed by atoms with Gasteiger partial charge in [-0.2, -0.15) is 0 Å². The van der Waals surface area contributed by atoms with Gasteiger partial charge in [0, 0.05) is 25.4 Å². The van der Waals surface area contributed by atoms with Gasteiger partial charge in [0.2, 0.25) is 5.91 Å². The number of carbonyl (C=O) groups excluding carboxylic acids is 3. The van der Waals surface area contributed by atoms with Crippen molar-refractivity contribution in [2.75, 3.05) is 38.3 Å². The Hall–Kier alpha value is -3.17. The lowest BCUT2D eigenvalue weighted by Crippen LogP contribution is -2.56. The average molecular weight is 497 g/mol. The molecule has 9 heteroatoms. The Morgan fingerprint density at radius 3 is 2.58 bits per heavy atom. The zero-order valence-corrected chi connectivity index (χ0v) is 20.6. The number of hydrogen-bond acceptors (Lipinski definition) is 7. The third-order valence-electron chi connectivity index (χ3n) is 7.69. The second-order valence-corrected chi connectivity index (χ2v) is 9.87. The molecule has 1 N–H and O–H groups in total. The van der Waals surface area contributed by atoms with Gasteiger partial charge in [0.05, 0.1) is 25.2 Å². The van der Waals surface area contributed by atoms with Crippen LogP contribution in [0.4, 0.5) is 5.69 Å². The van der Waals surface area contributed by atoms with Gasteiger partial charge in [-0.3, -0.25) is 14.4 Å². The Morgan fingerprint density at radius 1 is 1.08 bits per heavy atom. The highest BCUT2D eigenvalue weighted by Crippen LogP contribution is 2.57. The van der Waals surface area contributed by atoms with Crippen molar-refractivity contribution in [1.82, 2.24) is 4.90 Å². The van der Waals surface area contributed by atoms with Crippen LogP contribution in [0.1, 0.15) is 26.2 Å². The van der Waals surface area contributed by atoms with E-state index in [9.17, 15) is 19.5 Å². The maximum atomic E-state index is 14.2. The highest BCUT2D eigenvalue weighted by molar-refractivity contribution is 6.05. The van der Waals surface area contributed by atoms with E-state index in [2.05, 4.69) is 0 Å². The number of esters is 1. The second kappa shape index (κ2) is 9.37. The van der Waals surface area contributed by atoms with Gasteiger partial charge in [0.25, 0.3) is 5.91 Å². The Bertz CT molecular complexity index is 1100. The van der Waals surface area contributed by atoms with E-state index < -0.39 is 35.0 Å². The number of fused-ring (bicyclic) bond motifs is 2. The molecule has 0 radical (unpaired) electrons. The lowest BCUT2D eigenvalue weighted by molar-refractivity contribution is -0.158. The van der Waals surface area contributed by atoms with E-state index >= 15 is 0 Å². The molecule has 9 nitrogen and oxygen atoms in total. The van der Waals surface area contributed by atoms with Crippen LogP contribution in [-0.4, -0.2) is 78.4 Å². The first-order valence-corrected chi connectivity index (χ1v) is 12.5. The molecule has 0 aromatic heterocycles. The van der Waals surface area contributed by atoms with Crippen molar-refractivity contribution in [2.24, 2.45) is 11.8 Å². The van der Waals surface area contributed by atoms with E-state index in [1.165, 1.54) is 4.90 Å². The van der Waals surface area contributed by atoms with E-state index in [4.69, 9.17) is 14.2 Å². The number of hydrogen-bond donors (Lipinski definition) is 1. The predicted molar refractivity (Wildman–Crippen MR) is 130 cm³/mol. The fourth-order valence-electron chi connectivity index (χ4n) is 6.11. The fraction of sp³-hybridized carbons (Fsp3) is 0.519. The number of benzene rings is 1. The summed E-state index contributed by atoms with van der Waals surface area (Å²) in [4.78, 5) is 44.6. The van der Waals surface area contributed by atoms with Crippen LogP contribution >= 0.6 is 0 Å². The van der Waals surface area contributed by atoms with Gasteiger partial charge in [0.15, 0.2) is 0 Å². The van der Waals surface area contributed by atoms with Gasteiger partial charge in [-0.15, -0.1) is 0 Å². The molecule has 192 valence electrons. The topological polar surface area (TPSA) is 106 Å². The summed E-state index contributed by atoms with van der Waals surface area (Å²) >= 11 is 0. The van der Waals surface area contributed by atoms with Gasteiger partial charge in [-0.25, -0.2) is 0 Å². The summed E-state index contributed by atoms with van der Waals surface area (Å²) in [6.07, 6.45) is 9.15. The highest BCUT2D eigenvalue weighted by atomic mass is 16.6. The van der Waals surface area contributed by atoms with Crippen molar-refractivity contribution in [3.8, 4) is 5.75 Å². The van der Waals surface area contributed by atoms with E-state index in [0.717, 1.165) is 6.42 Å². The zero-order chi connectivity index (χ0) is 25.5. The summed E-state index contributed by atoms with van der Waals surface area (Å²) in [5.41, 5.74) is -1.79. The van der Waals surface area contributed by atoms with E-state index in [1.54, 1.807) is 49.3 Å². The minimum absolute atomic E-state index is 0.132. The minimum atomic E-state index is -1.34. The maximum absolute atomic E-state index is 14.2. The van der Waals surface area contributed by atoms with Crippen molar-refractivity contribution in [1.29, 1.82) is 0 Å². The minimum Gasteiger partial charge on any atom is -0.497 e. The van der Waals surface area contributed by atoms with Crippen LogP contribution in [0, 0.1) is 11.8 Å². The number of anilines is 1. The average Bonchev–Trinajstić information content (AvgIpc) is 3.22. The second-order valence-electron chi connectivity index (χ2n) is 9.87. The summed E-state index contributed by atoms with van der Waals surface area (Å²) in [5, 5.41) is 9.51. The van der Waals surface area contributed by atoms with Crippen LogP contribution in [-0.2, 0) is 23.9 Å². The summed E-state index contributed by atoms with van der Waals surface area (Å²) in [5.74, 6) is -2.27. The lowest BCUT2D eigenvalue weighted by atomic mass is 9.74. The van der Waals surface area contributed by atoms with Crippen LogP contribution < -0.4 is 9.64 Å². The number of rotatable bonds is 5. The van der Waals surface area contributed by atoms with Crippen molar-refractivity contribution >= 4 is 23.5 Å². The number of allylic oxidation sites excluding steroid dienone is 1. The zero-order valence-electron chi connectivity index (χ0n) is 20.6. The molecule has 1 aromatic rings. The van der Waals surface area contributed by atoms with E-state index in [0.29, 0.717) is 24.3 Å². The molecule has 36 heavy (non-hydrogen) atoms. The number of amides is 2. The summed E-state index contributed by atoms with van der Waals surface area (Å²) in [6, 6.07) is 6.15. The van der Waals surface area contributed by atoms with Gasteiger partial charge in [-0.05, 0) is 50.5 Å². The lowest BCUT2D eigenvalue weighted by Gasteiger charge is -2.37. The Kier molecular flexibility index (Phi) is 6.38. The smallest absolute Gasteiger partial charge is 0.313 e. The van der Waals surface area contributed by atoms with E-state index in [1.807, 2.05) is 18.2 Å². The Labute approximate surface area is 210 Å². The molecule has 4 aliphatic rings. The quantitative estimate of drug-likeness (QED) is 0.490. The van der Waals surface area contributed by atoms with Crippen LogP contribution in [0.15, 0.2) is 48.6 Å². The molecule has 5 atom stereocenters. The van der Waals surface area contributed by atoms with Crippen molar-refractivity contribution in [2.45, 2.75) is 43.4 Å². The molecule has 1 unspecified atom stereocenters. The highest BCUT2D eigenvalue weighted by Gasteiger charge is 2.74. The van der Waals surface area contributed by atoms with Crippen LogP contribution in [0.2, 0.25) is 0 Å². The predicted octanol–water partition coefficient (Wildman–Crippen LogP) is 1.84. The molecule has 4 heterocycles. The SMILES string of the molecule is COc1ccc(N2CC=C[C@]34O[C@@]5(C)/C=C\CCCOC(=O)[C@H]5[C@H]3C(=O)N(CCCO)C4C2=O)cc1. The summed E-state index contributed by atoms with van der Waals surface area (Å²) in [7, 11) is 1.57. The third-order valence-corrected chi connectivity index (χ3v) is 7.69.